The van der Waals surface area contributed by atoms with E-state index in [4.69, 9.17) is 21.7 Å². The smallest absolute Gasteiger partial charge is 0.456 e. The van der Waals surface area contributed by atoms with Crippen LogP contribution in [0.3, 0.4) is 0 Å². The molecule has 0 unspecified atom stereocenters. The van der Waals surface area contributed by atoms with Crippen LogP contribution < -0.4 is 0 Å². The number of benzene rings is 4. The predicted molar refractivity (Wildman–Crippen MR) is 151 cm³/mol. The molecule has 0 radical (unpaired) electrons. The molecule has 0 atom stereocenters. The van der Waals surface area contributed by atoms with E-state index < -0.39 is 29.4 Å². The number of para-hydroxylation sites is 2. The van der Waals surface area contributed by atoms with Gasteiger partial charge in [0.25, 0.3) is 0 Å². The Balaban J connectivity index is 0.000000216. The molecule has 40 heavy (non-hydrogen) atoms. The zero-order chi connectivity index (χ0) is 27.1. The van der Waals surface area contributed by atoms with Gasteiger partial charge in [0.2, 0.25) is 0 Å². The summed E-state index contributed by atoms with van der Waals surface area (Å²) in [5.74, 6) is 4.76. The monoisotopic (exact) mass is 944 g/mol. The van der Waals surface area contributed by atoms with Gasteiger partial charge in [-0.05, 0) is 41.1 Å². The fourth-order valence-electron chi connectivity index (χ4n) is 3.80. The third-order valence-corrected chi connectivity index (χ3v) is 7.30. The van der Waals surface area contributed by atoms with Gasteiger partial charge in [0.1, 0.15) is 22.3 Å². The van der Waals surface area contributed by atoms with Gasteiger partial charge < -0.3 is 21.7 Å². The molecular weight excluding hydrogens is 924 g/mol. The van der Waals surface area contributed by atoms with E-state index in [1.165, 1.54) is 0 Å². The van der Waals surface area contributed by atoms with Crippen molar-refractivity contribution < 1.29 is 70.4 Å². The Labute approximate surface area is 262 Å². The molecule has 6 aromatic rings. The van der Waals surface area contributed by atoms with Gasteiger partial charge in [-0.1, -0.05) is 36.4 Å². The number of hydrogen-bond acceptors (Lipinski definition) is 2. The molecule has 0 spiro atoms. The zero-order valence-corrected chi connectivity index (χ0v) is 26.8. The standard InChI is InChI=1S/2C14H7O.C2H4F4P2.2Au/c2*1-2-10-7-8-14-12(9-10)11-5-3-4-6-13(11)15-14;3-7(4)1-2-8(5)6;;/h2*3-9H;1-2H2;;/q2*-1;;2*+1/p+2. The van der Waals surface area contributed by atoms with E-state index in [0.717, 1.165) is 55.0 Å². The third kappa shape index (κ3) is 8.58. The molecule has 6 rings (SSSR count). The van der Waals surface area contributed by atoms with Crippen molar-refractivity contribution in [2.24, 2.45) is 0 Å². The van der Waals surface area contributed by atoms with E-state index in [0.29, 0.717) is 0 Å². The third-order valence-electron chi connectivity index (χ3n) is 5.55. The van der Waals surface area contributed by atoms with Gasteiger partial charge in [-0.25, -0.2) is 0 Å². The SMILES string of the molecule is F[PH+](F)CC[PH+](F)F.[Au+].[Au+].[C-]#Cc1ccc2oc3ccccc3c2c1.[C-]#Cc1ccc2oc3ccccc3c2c1. The van der Waals surface area contributed by atoms with Gasteiger partial charge in [0.15, 0.2) is 12.3 Å². The van der Waals surface area contributed by atoms with Crippen molar-refractivity contribution >= 4 is 61.0 Å². The molecule has 4 aromatic carbocycles. The summed E-state index contributed by atoms with van der Waals surface area (Å²) in [6, 6.07) is 27.1. The molecule has 0 aliphatic heterocycles. The number of fused-ring (bicyclic) bond motifs is 6. The van der Waals surface area contributed by atoms with Crippen LogP contribution in [0, 0.1) is 24.7 Å². The normalized spacial score (nSPS) is 10.2. The second-order valence-electron chi connectivity index (χ2n) is 8.05. The van der Waals surface area contributed by atoms with Crippen LogP contribution in [0.25, 0.3) is 43.9 Å². The van der Waals surface area contributed by atoms with Crippen LogP contribution in [0.1, 0.15) is 11.1 Å². The maximum atomic E-state index is 11.2. The largest absolute Gasteiger partial charge is 1.00 e. The summed E-state index contributed by atoms with van der Waals surface area (Å²) >= 11 is 0. The van der Waals surface area contributed by atoms with Crippen LogP contribution in [-0.4, -0.2) is 12.3 Å². The minimum Gasteiger partial charge on any atom is -0.456 e. The maximum Gasteiger partial charge on any atom is 1.00 e. The Morgan fingerprint density at radius 1 is 0.525 bits per heavy atom. The van der Waals surface area contributed by atoms with Crippen molar-refractivity contribution in [3.05, 3.63) is 109 Å². The van der Waals surface area contributed by atoms with E-state index in [1.807, 2.05) is 84.9 Å². The second kappa shape index (κ2) is 16.2. The van der Waals surface area contributed by atoms with E-state index in [-0.39, 0.29) is 44.8 Å². The molecule has 210 valence electrons. The first-order chi connectivity index (χ1) is 18.4. The van der Waals surface area contributed by atoms with Crippen molar-refractivity contribution in [1.29, 1.82) is 0 Å². The van der Waals surface area contributed by atoms with Crippen LogP contribution in [0.2, 0.25) is 0 Å². The van der Waals surface area contributed by atoms with Gasteiger partial charge in [-0.2, -0.15) is 0 Å². The first kappa shape index (κ1) is 33.9. The zero-order valence-electron chi connectivity index (χ0n) is 20.4. The second-order valence-corrected chi connectivity index (χ2v) is 10.4. The molecule has 2 nitrogen and oxygen atoms in total. The first-order valence-electron chi connectivity index (χ1n) is 11.4. The Morgan fingerprint density at radius 3 is 1.23 bits per heavy atom. The average molecular weight is 944 g/mol. The van der Waals surface area contributed by atoms with E-state index in [2.05, 4.69) is 11.8 Å². The topological polar surface area (TPSA) is 26.3 Å². The molecule has 0 amide bonds. The van der Waals surface area contributed by atoms with Crippen molar-refractivity contribution in [2.75, 3.05) is 12.3 Å². The van der Waals surface area contributed by atoms with Crippen LogP contribution in [0.4, 0.5) is 16.8 Å². The molecule has 2 aromatic heterocycles. The molecule has 10 heteroatoms. The predicted octanol–water partition coefficient (Wildman–Crippen LogP) is 10.00. The number of furan rings is 2. The molecule has 0 fully saturated rings. The number of hydrogen-bond donors (Lipinski definition) is 0. The maximum absolute atomic E-state index is 11.2. The molecule has 0 aliphatic carbocycles. The van der Waals surface area contributed by atoms with Crippen molar-refractivity contribution in [3.8, 4) is 11.8 Å². The summed E-state index contributed by atoms with van der Waals surface area (Å²) in [5, 5.41) is 4.26. The van der Waals surface area contributed by atoms with Crippen molar-refractivity contribution in [3.63, 3.8) is 0 Å². The average Bonchev–Trinajstić information content (AvgIpc) is 3.50. The van der Waals surface area contributed by atoms with E-state index >= 15 is 0 Å². The van der Waals surface area contributed by atoms with Crippen LogP contribution >= 0.6 is 17.1 Å². The van der Waals surface area contributed by atoms with Crippen molar-refractivity contribution in [1.82, 2.24) is 0 Å². The Bertz CT molecular complexity index is 1650. The van der Waals surface area contributed by atoms with Gasteiger partial charge in [-0.15, -0.1) is 35.4 Å². The first-order valence-corrected chi connectivity index (χ1v) is 14.3. The number of rotatable bonds is 3. The quantitative estimate of drug-likeness (QED) is 0.0581. The molecule has 0 aliphatic rings. The fraction of sp³-hybridized carbons (Fsp3) is 0.0667. The summed E-state index contributed by atoms with van der Waals surface area (Å²) < 4.78 is 56.0. The van der Waals surface area contributed by atoms with Crippen LogP contribution in [0.5, 0.6) is 0 Å². The Hall–Kier alpha value is -2.34. The minimum absolute atomic E-state index is 0. The summed E-state index contributed by atoms with van der Waals surface area (Å²) in [5.41, 5.74) is 5.03. The summed E-state index contributed by atoms with van der Waals surface area (Å²) in [6.07, 6.45) is 13.1. The van der Waals surface area contributed by atoms with Gasteiger partial charge >= 0.3 is 61.8 Å². The number of halogens is 4. The molecule has 0 saturated carbocycles. The minimum atomic E-state index is -3.38. The molecule has 0 bridgehead atoms. The fourth-order valence-corrected chi connectivity index (χ4v) is 5.31. The van der Waals surface area contributed by atoms with Gasteiger partial charge in [-0.3, -0.25) is 11.8 Å². The van der Waals surface area contributed by atoms with E-state index in [1.54, 1.807) is 0 Å². The van der Waals surface area contributed by atoms with Crippen LogP contribution in [0.15, 0.2) is 93.8 Å². The summed E-state index contributed by atoms with van der Waals surface area (Å²) in [7, 11) is -6.77. The molecular formula is C30H20Au2F4O2P2+2. The Morgan fingerprint density at radius 2 is 0.875 bits per heavy atom. The van der Waals surface area contributed by atoms with Gasteiger partial charge in [0.05, 0.1) is 0 Å². The molecule has 2 heterocycles. The van der Waals surface area contributed by atoms with E-state index in [9.17, 15) is 16.8 Å². The molecule has 0 N–H and O–H groups in total. The summed E-state index contributed by atoms with van der Waals surface area (Å²) in [6.45, 7) is 0. The van der Waals surface area contributed by atoms with Gasteiger partial charge in [0, 0.05) is 21.5 Å². The molecule has 0 saturated heterocycles. The summed E-state index contributed by atoms with van der Waals surface area (Å²) in [4.78, 5) is 0. The Kier molecular flexibility index (Phi) is 13.7. The van der Waals surface area contributed by atoms with Crippen LogP contribution in [-0.2, 0) is 44.8 Å². The van der Waals surface area contributed by atoms with Crippen molar-refractivity contribution in [2.45, 2.75) is 0 Å².